The highest BCUT2D eigenvalue weighted by Crippen LogP contribution is 2.47. The molecule has 0 spiro atoms. The molecule has 0 saturated carbocycles. The lowest BCUT2D eigenvalue weighted by Gasteiger charge is -2.19. The molecule has 12 rings (SSSR count). The van der Waals surface area contributed by atoms with E-state index in [-0.39, 0.29) is 0 Å². The zero-order chi connectivity index (χ0) is 37.1. The second-order valence-corrected chi connectivity index (χ2v) is 16.4. The van der Waals surface area contributed by atoms with Crippen LogP contribution < -0.4 is 0 Å². The van der Waals surface area contributed by atoms with E-state index in [4.69, 9.17) is 0 Å². The number of rotatable bonds is 3. The van der Waals surface area contributed by atoms with Crippen LogP contribution in [-0.4, -0.2) is 9.13 Å². The van der Waals surface area contributed by atoms with Gasteiger partial charge in [0, 0.05) is 61.9 Å². The van der Waals surface area contributed by atoms with E-state index in [1.807, 2.05) is 18.2 Å². The molecule has 0 aliphatic rings. The van der Waals surface area contributed by atoms with Crippen molar-refractivity contribution in [1.29, 1.82) is 10.5 Å². The third-order valence-corrected chi connectivity index (χ3v) is 13.6. The smallest absolute Gasteiger partial charge is 0.104 e. The Morgan fingerprint density at radius 3 is 1.41 bits per heavy atom. The van der Waals surface area contributed by atoms with Crippen molar-refractivity contribution in [2.75, 3.05) is 0 Å². The number of nitrogens with zero attached hydrogens (tertiary/aromatic N) is 4. The Bertz CT molecular complexity index is 3540. The maximum atomic E-state index is 11.6. The normalized spacial score (nSPS) is 11.9. The fourth-order valence-electron chi connectivity index (χ4n) is 9.04. The van der Waals surface area contributed by atoms with Crippen molar-refractivity contribution in [2.24, 2.45) is 0 Å². The van der Waals surface area contributed by atoms with Gasteiger partial charge in [0.2, 0.25) is 0 Å². The van der Waals surface area contributed by atoms with Crippen LogP contribution in [0.5, 0.6) is 0 Å². The summed E-state index contributed by atoms with van der Waals surface area (Å²) in [5.74, 6) is 0. The van der Waals surface area contributed by atoms with E-state index < -0.39 is 0 Å². The number of aromatic nitrogens is 2. The van der Waals surface area contributed by atoms with Gasteiger partial charge in [0.05, 0.1) is 45.1 Å². The lowest BCUT2D eigenvalue weighted by molar-refractivity contribution is 1.12. The molecule has 56 heavy (non-hydrogen) atoms. The number of fused-ring (bicyclic) bond motifs is 14. The summed E-state index contributed by atoms with van der Waals surface area (Å²) in [4.78, 5) is 0. The molecule has 8 aromatic carbocycles. The predicted octanol–water partition coefficient (Wildman–Crippen LogP) is 14.0. The number of benzene rings is 8. The van der Waals surface area contributed by atoms with Gasteiger partial charge in [-0.15, -0.1) is 22.7 Å². The van der Waals surface area contributed by atoms with Crippen LogP contribution in [0.25, 0.3) is 106 Å². The quantitative estimate of drug-likeness (QED) is 0.181. The molecule has 4 aromatic heterocycles. The van der Waals surface area contributed by atoms with Crippen molar-refractivity contribution in [2.45, 2.75) is 0 Å². The highest BCUT2D eigenvalue weighted by Gasteiger charge is 2.25. The number of thiophene rings is 2. The molecule has 0 amide bonds. The molecule has 4 nitrogen and oxygen atoms in total. The maximum absolute atomic E-state index is 11.6. The molecular weight excluding hydrogens is 721 g/mol. The first-order chi connectivity index (χ1) is 27.7. The Hall–Kier alpha value is -7.22. The lowest BCUT2D eigenvalue weighted by Crippen LogP contribution is -2.05. The van der Waals surface area contributed by atoms with Crippen LogP contribution in [0.4, 0.5) is 0 Å². The van der Waals surface area contributed by atoms with Gasteiger partial charge >= 0.3 is 0 Å². The molecule has 0 N–H and O–H groups in total. The Balaban J connectivity index is 1.32. The van der Waals surface area contributed by atoms with Crippen molar-refractivity contribution in [3.05, 3.63) is 169 Å². The Kier molecular flexibility index (Phi) is 6.48. The molecule has 0 fully saturated rings. The standard InChI is InChI=1S/C50H26N4S2/c51-27-29-10-9-11-30(24-29)31-25-41(53-39-16-5-1-12-32(39)34-20-22-45-47(49(34)53)36-14-3-7-18-43(36)55-45)38(28-52)42(26-31)54-40-17-6-2-13-33(40)35-21-23-46-48(50(35)54)37-15-4-8-19-44(37)56-46/h1-26H. The topological polar surface area (TPSA) is 57.4 Å². The van der Waals surface area contributed by atoms with Gasteiger partial charge < -0.3 is 9.13 Å². The molecule has 0 unspecified atom stereocenters. The average molecular weight is 747 g/mol. The molecule has 12 aromatic rings. The van der Waals surface area contributed by atoms with E-state index in [2.05, 4.69) is 161 Å². The summed E-state index contributed by atoms with van der Waals surface area (Å²) >= 11 is 3.60. The molecule has 0 aliphatic carbocycles. The number of para-hydroxylation sites is 2. The van der Waals surface area contributed by atoms with E-state index in [9.17, 15) is 10.5 Å². The van der Waals surface area contributed by atoms with Gasteiger partial charge in [0.15, 0.2) is 0 Å². The van der Waals surface area contributed by atoms with Gasteiger partial charge in [-0.05, 0) is 71.8 Å². The van der Waals surface area contributed by atoms with Crippen LogP contribution in [0.15, 0.2) is 158 Å². The largest absolute Gasteiger partial charge is 0.307 e. The summed E-state index contributed by atoms with van der Waals surface area (Å²) < 4.78 is 9.52. The minimum absolute atomic E-state index is 0.573. The molecule has 0 saturated heterocycles. The van der Waals surface area contributed by atoms with Crippen LogP contribution in [0.3, 0.4) is 0 Å². The number of hydrogen-bond donors (Lipinski definition) is 0. The first-order valence-electron chi connectivity index (χ1n) is 18.5. The highest BCUT2D eigenvalue weighted by molar-refractivity contribution is 7.26. The van der Waals surface area contributed by atoms with E-state index in [1.165, 1.54) is 40.3 Å². The second kappa shape index (κ2) is 11.6. The zero-order valence-corrected chi connectivity index (χ0v) is 31.2. The van der Waals surface area contributed by atoms with Crippen LogP contribution >= 0.6 is 22.7 Å². The first-order valence-corrected chi connectivity index (χ1v) is 20.1. The van der Waals surface area contributed by atoms with Crippen molar-refractivity contribution in [3.8, 4) is 34.6 Å². The summed E-state index contributed by atoms with van der Waals surface area (Å²) in [5, 5.41) is 30.9. The fraction of sp³-hybridized carbons (Fsp3) is 0. The van der Waals surface area contributed by atoms with Gasteiger partial charge in [-0.1, -0.05) is 97.1 Å². The van der Waals surface area contributed by atoms with Crippen LogP contribution in [0.2, 0.25) is 0 Å². The minimum atomic E-state index is 0.573. The molecule has 4 heterocycles. The first kappa shape index (κ1) is 31.2. The van der Waals surface area contributed by atoms with Gasteiger partial charge in [-0.2, -0.15) is 10.5 Å². The van der Waals surface area contributed by atoms with Crippen LogP contribution in [0, 0.1) is 22.7 Å². The maximum Gasteiger partial charge on any atom is 0.104 e. The Morgan fingerprint density at radius 2 is 0.893 bits per heavy atom. The third kappa shape index (κ3) is 4.20. The number of nitriles is 2. The van der Waals surface area contributed by atoms with E-state index in [1.54, 1.807) is 22.7 Å². The zero-order valence-electron chi connectivity index (χ0n) is 29.6. The molecular formula is C50H26N4S2. The Morgan fingerprint density at radius 1 is 0.393 bits per heavy atom. The Labute approximate surface area is 328 Å². The van der Waals surface area contributed by atoms with Crippen molar-refractivity contribution >= 4 is 107 Å². The molecule has 0 atom stereocenters. The van der Waals surface area contributed by atoms with Crippen molar-refractivity contribution in [1.82, 2.24) is 9.13 Å². The van der Waals surface area contributed by atoms with Gasteiger partial charge in [-0.25, -0.2) is 0 Å². The summed E-state index contributed by atoms with van der Waals surface area (Å²) in [6, 6.07) is 60.5. The molecule has 0 bridgehead atoms. The highest BCUT2D eigenvalue weighted by atomic mass is 32.1. The summed E-state index contributed by atoms with van der Waals surface area (Å²) in [5.41, 5.74) is 8.81. The summed E-state index contributed by atoms with van der Waals surface area (Å²) in [6.45, 7) is 0. The number of hydrogen-bond acceptors (Lipinski definition) is 4. The monoisotopic (exact) mass is 746 g/mol. The van der Waals surface area contributed by atoms with E-state index >= 15 is 0 Å². The summed E-state index contributed by atoms with van der Waals surface area (Å²) in [6.07, 6.45) is 0. The minimum Gasteiger partial charge on any atom is -0.307 e. The van der Waals surface area contributed by atoms with Crippen LogP contribution in [0.1, 0.15) is 11.1 Å². The third-order valence-electron chi connectivity index (χ3n) is 11.4. The molecule has 258 valence electrons. The summed E-state index contributed by atoms with van der Waals surface area (Å²) in [7, 11) is 0. The van der Waals surface area contributed by atoms with Gasteiger partial charge in [0.25, 0.3) is 0 Å². The van der Waals surface area contributed by atoms with E-state index in [0.717, 1.165) is 66.1 Å². The van der Waals surface area contributed by atoms with Gasteiger partial charge in [0.1, 0.15) is 11.6 Å². The molecule has 6 heteroatoms. The molecule has 0 aliphatic heterocycles. The second-order valence-electron chi connectivity index (χ2n) is 14.3. The average Bonchev–Trinajstić information content (AvgIpc) is 4.00. The predicted molar refractivity (Wildman–Crippen MR) is 236 cm³/mol. The van der Waals surface area contributed by atoms with Crippen molar-refractivity contribution < 1.29 is 0 Å². The van der Waals surface area contributed by atoms with E-state index in [0.29, 0.717) is 11.1 Å². The van der Waals surface area contributed by atoms with Crippen LogP contribution in [-0.2, 0) is 0 Å². The SMILES string of the molecule is N#Cc1cccc(-c2cc(-n3c4ccccc4c4ccc5sc6ccccc6c5c43)c(C#N)c(-n3c4ccccc4c4ccc5sc6ccccc6c5c43)c2)c1. The van der Waals surface area contributed by atoms with Crippen molar-refractivity contribution in [3.63, 3.8) is 0 Å². The fourth-order valence-corrected chi connectivity index (χ4v) is 11.3. The van der Waals surface area contributed by atoms with Gasteiger partial charge in [-0.3, -0.25) is 0 Å². The lowest BCUT2D eigenvalue weighted by atomic mass is 9.98. The molecule has 0 radical (unpaired) electrons.